The van der Waals surface area contributed by atoms with Crippen molar-refractivity contribution >= 4 is 23.7 Å². The van der Waals surface area contributed by atoms with E-state index in [9.17, 15) is 4.79 Å². The molecule has 36 heavy (non-hydrogen) atoms. The standard InChI is InChI=1S/C28H28N6OS/c35-26(33-19-17-32(18-20-33)16-8-11-23-9-3-1-4-10-23)22-36-28-31-30-27(24-12-7-15-29-21-24)34(28)25-13-5-2-6-14-25/h1-15,21H,16-20,22H2. The van der Waals surface area contributed by atoms with Crippen molar-refractivity contribution in [1.82, 2.24) is 29.5 Å². The minimum Gasteiger partial charge on any atom is -0.339 e. The Kier molecular flexibility index (Phi) is 7.85. The first-order chi connectivity index (χ1) is 17.8. The van der Waals surface area contributed by atoms with Crippen LogP contribution in [-0.2, 0) is 4.79 Å². The number of aromatic nitrogens is 4. The molecule has 0 N–H and O–H groups in total. The van der Waals surface area contributed by atoms with Gasteiger partial charge < -0.3 is 4.90 Å². The molecule has 0 unspecified atom stereocenters. The summed E-state index contributed by atoms with van der Waals surface area (Å²) in [7, 11) is 0. The van der Waals surface area contributed by atoms with E-state index < -0.39 is 0 Å². The van der Waals surface area contributed by atoms with Gasteiger partial charge in [-0.1, -0.05) is 72.4 Å². The summed E-state index contributed by atoms with van der Waals surface area (Å²) < 4.78 is 1.99. The number of amides is 1. The predicted molar refractivity (Wildman–Crippen MR) is 144 cm³/mol. The number of hydrogen-bond acceptors (Lipinski definition) is 6. The molecule has 3 heterocycles. The van der Waals surface area contributed by atoms with E-state index in [1.807, 2.05) is 70.1 Å². The third-order valence-electron chi connectivity index (χ3n) is 6.09. The van der Waals surface area contributed by atoms with Crippen molar-refractivity contribution in [2.45, 2.75) is 5.16 Å². The highest BCUT2D eigenvalue weighted by Crippen LogP contribution is 2.27. The van der Waals surface area contributed by atoms with Gasteiger partial charge in [0, 0.05) is 56.4 Å². The van der Waals surface area contributed by atoms with Crippen LogP contribution in [0.2, 0.25) is 0 Å². The average Bonchev–Trinajstić information content (AvgIpc) is 3.38. The number of nitrogens with zero attached hydrogens (tertiary/aromatic N) is 6. The van der Waals surface area contributed by atoms with Gasteiger partial charge in [-0.25, -0.2) is 0 Å². The van der Waals surface area contributed by atoms with E-state index in [0.717, 1.165) is 44.0 Å². The summed E-state index contributed by atoms with van der Waals surface area (Å²) in [4.78, 5) is 21.6. The molecule has 0 saturated carbocycles. The molecule has 0 atom stereocenters. The van der Waals surface area contributed by atoms with Crippen LogP contribution in [0.25, 0.3) is 23.2 Å². The van der Waals surface area contributed by atoms with Crippen molar-refractivity contribution in [2.24, 2.45) is 0 Å². The second-order valence-corrected chi connectivity index (χ2v) is 9.44. The lowest BCUT2D eigenvalue weighted by Crippen LogP contribution is -2.49. The molecule has 7 nitrogen and oxygen atoms in total. The Morgan fingerprint density at radius 2 is 1.64 bits per heavy atom. The summed E-state index contributed by atoms with van der Waals surface area (Å²) in [5.74, 6) is 1.16. The van der Waals surface area contributed by atoms with Gasteiger partial charge in [0.05, 0.1) is 5.75 Å². The summed E-state index contributed by atoms with van der Waals surface area (Å²) in [6, 6.07) is 24.1. The highest BCUT2D eigenvalue weighted by molar-refractivity contribution is 7.99. The second kappa shape index (κ2) is 11.8. The Morgan fingerprint density at radius 1 is 0.889 bits per heavy atom. The van der Waals surface area contributed by atoms with Crippen LogP contribution in [0, 0.1) is 0 Å². The van der Waals surface area contributed by atoms with Crippen molar-refractivity contribution in [3.05, 3.63) is 96.8 Å². The van der Waals surface area contributed by atoms with Crippen LogP contribution in [-0.4, -0.2) is 73.9 Å². The smallest absolute Gasteiger partial charge is 0.233 e. The molecule has 5 rings (SSSR count). The summed E-state index contributed by atoms with van der Waals surface area (Å²) >= 11 is 1.42. The number of benzene rings is 2. The maximum atomic E-state index is 13.0. The molecular formula is C28H28N6OS. The zero-order valence-electron chi connectivity index (χ0n) is 20.0. The van der Waals surface area contributed by atoms with Crippen LogP contribution in [0.5, 0.6) is 0 Å². The third kappa shape index (κ3) is 5.90. The molecule has 4 aromatic rings. The van der Waals surface area contributed by atoms with Crippen LogP contribution < -0.4 is 0 Å². The largest absolute Gasteiger partial charge is 0.339 e. The highest BCUT2D eigenvalue weighted by atomic mass is 32.2. The van der Waals surface area contributed by atoms with E-state index in [1.54, 1.807) is 12.4 Å². The molecule has 1 aliphatic rings. The molecule has 182 valence electrons. The maximum Gasteiger partial charge on any atom is 0.233 e. The van der Waals surface area contributed by atoms with E-state index in [4.69, 9.17) is 0 Å². The monoisotopic (exact) mass is 496 g/mol. The highest BCUT2D eigenvalue weighted by Gasteiger charge is 2.22. The second-order valence-electron chi connectivity index (χ2n) is 8.50. The Morgan fingerprint density at radius 3 is 2.36 bits per heavy atom. The zero-order chi connectivity index (χ0) is 24.6. The number of carbonyl (C=O) groups is 1. The zero-order valence-corrected chi connectivity index (χ0v) is 20.8. The van der Waals surface area contributed by atoms with Gasteiger partial charge in [-0.2, -0.15) is 0 Å². The molecule has 0 aliphatic carbocycles. The van der Waals surface area contributed by atoms with E-state index in [0.29, 0.717) is 16.7 Å². The molecule has 0 spiro atoms. The number of carbonyl (C=O) groups excluding carboxylic acids is 1. The van der Waals surface area contributed by atoms with Gasteiger partial charge >= 0.3 is 0 Å². The predicted octanol–water partition coefficient (Wildman–Crippen LogP) is 4.28. The van der Waals surface area contributed by atoms with E-state index in [2.05, 4.69) is 44.4 Å². The van der Waals surface area contributed by atoms with Gasteiger partial charge in [0.15, 0.2) is 11.0 Å². The average molecular weight is 497 g/mol. The van der Waals surface area contributed by atoms with Crippen molar-refractivity contribution in [1.29, 1.82) is 0 Å². The van der Waals surface area contributed by atoms with Crippen molar-refractivity contribution in [2.75, 3.05) is 38.5 Å². The van der Waals surface area contributed by atoms with Crippen molar-refractivity contribution < 1.29 is 4.79 Å². The molecule has 8 heteroatoms. The molecule has 1 amide bonds. The Labute approximate surface area is 215 Å². The minimum atomic E-state index is 0.130. The van der Waals surface area contributed by atoms with Gasteiger partial charge in [0.1, 0.15) is 0 Å². The fraction of sp³-hybridized carbons (Fsp3) is 0.214. The third-order valence-corrected chi connectivity index (χ3v) is 7.00. The quantitative estimate of drug-likeness (QED) is 0.339. The number of para-hydroxylation sites is 1. The summed E-state index contributed by atoms with van der Waals surface area (Å²) in [5.41, 5.74) is 3.04. The Balaban J connectivity index is 1.19. The number of rotatable bonds is 8. The van der Waals surface area contributed by atoms with E-state index in [1.165, 1.54) is 17.3 Å². The molecule has 0 bridgehead atoms. The van der Waals surface area contributed by atoms with Gasteiger partial charge in [-0.05, 0) is 29.8 Å². The van der Waals surface area contributed by atoms with E-state index >= 15 is 0 Å². The van der Waals surface area contributed by atoms with Gasteiger partial charge in [0.2, 0.25) is 5.91 Å². The van der Waals surface area contributed by atoms with Crippen LogP contribution in [0.1, 0.15) is 5.56 Å². The van der Waals surface area contributed by atoms with E-state index in [-0.39, 0.29) is 5.91 Å². The van der Waals surface area contributed by atoms with Crippen molar-refractivity contribution in [3.63, 3.8) is 0 Å². The first-order valence-corrected chi connectivity index (χ1v) is 13.0. The van der Waals surface area contributed by atoms with Crippen LogP contribution in [0.3, 0.4) is 0 Å². The first kappa shape index (κ1) is 24.0. The lowest BCUT2D eigenvalue weighted by atomic mass is 10.2. The van der Waals surface area contributed by atoms with Gasteiger partial charge in [-0.15, -0.1) is 10.2 Å². The van der Waals surface area contributed by atoms with Crippen LogP contribution >= 0.6 is 11.8 Å². The lowest BCUT2D eigenvalue weighted by Gasteiger charge is -2.34. The summed E-state index contributed by atoms with van der Waals surface area (Å²) in [6.45, 7) is 4.13. The normalized spacial score (nSPS) is 14.4. The fourth-order valence-electron chi connectivity index (χ4n) is 4.15. The molecule has 0 radical (unpaired) electrons. The number of pyridine rings is 1. The molecular weight excluding hydrogens is 468 g/mol. The molecule has 2 aromatic carbocycles. The van der Waals surface area contributed by atoms with Gasteiger partial charge in [0.25, 0.3) is 0 Å². The Hall–Kier alpha value is -3.75. The van der Waals surface area contributed by atoms with Gasteiger partial charge in [-0.3, -0.25) is 19.2 Å². The molecule has 2 aromatic heterocycles. The summed E-state index contributed by atoms with van der Waals surface area (Å²) in [6.07, 6.45) is 7.85. The number of piperazine rings is 1. The molecule has 1 fully saturated rings. The lowest BCUT2D eigenvalue weighted by molar-refractivity contribution is -0.130. The summed E-state index contributed by atoms with van der Waals surface area (Å²) in [5, 5.41) is 9.54. The number of hydrogen-bond donors (Lipinski definition) is 0. The Bertz CT molecular complexity index is 1290. The molecule has 1 aliphatic heterocycles. The first-order valence-electron chi connectivity index (χ1n) is 12.0. The van der Waals surface area contributed by atoms with Crippen LogP contribution in [0.15, 0.2) is 96.4 Å². The van der Waals surface area contributed by atoms with Crippen molar-refractivity contribution in [3.8, 4) is 17.1 Å². The SMILES string of the molecule is O=C(CSc1nnc(-c2cccnc2)n1-c1ccccc1)N1CCN(CC=Cc2ccccc2)CC1. The maximum absolute atomic E-state index is 13.0. The topological polar surface area (TPSA) is 67.2 Å². The molecule has 1 saturated heterocycles. The van der Waals surface area contributed by atoms with Crippen LogP contribution in [0.4, 0.5) is 0 Å². The minimum absolute atomic E-state index is 0.130. The fourth-order valence-corrected chi connectivity index (χ4v) is 5.01. The number of thioether (sulfide) groups is 1.